The quantitative estimate of drug-likeness (QED) is 0.692. The number of H-pyrrole nitrogens is 1. The first-order valence-electron chi connectivity index (χ1n) is 12.7. The van der Waals surface area contributed by atoms with Crippen molar-refractivity contribution in [3.63, 3.8) is 0 Å². The van der Waals surface area contributed by atoms with E-state index in [0.29, 0.717) is 29.0 Å². The molecule has 1 N–H and O–H groups in total. The largest absolute Gasteiger partial charge is 0.493 e. The van der Waals surface area contributed by atoms with Crippen molar-refractivity contribution in [2.75, 3.05) is 33.9 Å². The van der Waals surface area contributed by atoms with Gasteiger partial charge in [0.15, 0.2) is 11.5 Å². The zero-order valence-electron chi connectivity index (χ0n) is 20.1. The van der Waals surface area contributed by atoms with Crippen LogP contribution >= 0.6 is 0 Å². The summed E-state index contributed by atoms with van der Waals surface area (Å²) >= 11 is 0. The molecule has 180 valence electrons. The van der Waals surface area contributed by atoms with Crippen LogP contribution in [0.15, 0.2) is 35.9 Å². The maximum absolute atomic E-state index is 13.7. The Morgan fingerprint density at radius 3 is 2.82 bits per heavy atom. The highest BCUT2D eigenvalue weighted by atomic mass is 16.5. The number of piperidine rings is 3. The van der Waals surface area contributed by atoms with Gasteiger partial charge in [-0.25, -0.2) is 0 Å². The lowest BCUT2D eigenvalue weighted by molar-refractivity contribution is 0.00131. The number of carbonyl (C=O) groups is 1. The second-order valence-corrected chi connectivity index (χ2v) is 10.2. The number of methoxy groups -OCH3 is 2. The van der Waals surface area contributed by atoms with Crippen LogP contribution in [-0.2, 0) is 0 Å². The molecule has 1 amide bonds. The molecule has 1 aliphatic carbocycles. The summed E-state index contributed by atoms with van der Waals surface area (Å²) in [6.45, 7) is 3.17. The van der Waals surface area contributed by atoms with Crippen LogP contribution in [0.3, 0.4) is 0 Å². The second-order valence-electron chi connectivity index (χ2n) is 10.2. The number of ether oxygens (including phenoxy) is 2. The summed E-state index contributed by atoms with van der Waals surface area (Å²) in [6.07, 6.45) is 9.96. The van der Waals surface area contributed by atoms with Crippen molar-refractivity contribution < 1.29 is 14.3 Å². The molecule has 4 heterocycles. The van der Waals surface area contributed by atoms with E-state index in [1.54, 1.807) is 14.2 Å². The van der Waals surface area contributed by atoms with E-state index in [4.69, 9.17) is 9.47 Å². The van der Waals surface area contributed by atoms with Gasteiger partial charge in [0.25, 0.3) is 5.91 Å². The average molecular weight is 463 g/mol. The zero-order chi connectivity index (χ0) is 23.2. The predicted octanol–water partition coefficient (Wildman–Crippen LogP) is 4.13. The van der Waals surface area contributed by atoms with E-state index in [-0.39, 0.29) is 11.9 Å². The predicted molar refractivity (Wildman–Crippen MR) is 130 cm³/mol. The van der Waals surface area contributed by atoms with Crippen LogP contribution in [0.5, 0.6) is 11.5 Å². The van der Waals surface area contributed by atoms with Crippen LogP contribution in [0.1, 0.15) is 49.0 Å². The van der Waals surface area contributed by atoms with Gasteiger partial charge in [-0.1, -0.05) is 18.1 Å². The molecule has 0 unspecified atom stereocenters. The van der Waals surface area contributed by atoms with E-state index < -0.39 is 0 Å². The summed E-state index contributed by atoms with van der Waals surface area (Å²) < 4.78 is 10.8. The summed E-state index contributed by atoms with van der Waals surface area (Å²) in [7, 11) is 3.24. The van der Waals surface area contributed by atoms with Gasteiger partial charge in [0, 0.05) is 24.7 Å². The number of carbonyl (C=O) groups excluding carboxylic acids is 1. The van der Waals surface area contributed by atoms with Gasteiger partial charge in [-0.05, 0) is 74.8 Å². The molecule has 1 aromatic heterocycles. The summed E-state index contributed by atoms with van der Waals surface area (Å²) in [5, 5.41) is 7.48. The number of rotatable bonds is 4. The van der Waals surface area contributed by atoms with Crippen LogP contribution in [0.2, 0.25) is 0 Å². The summed E-state index contributed by atoms with van der Waals surface area (Å²) in [5.74, 6) is 2.59. The van der Waals surface area contributed by atoms with E-state index in [1.165, 1.54) is 37.8 Å². The monoisotopic (exact) mass is 462 g/mol. The van der Waals surface area contributed by atoms with E-state index >= 15 is 0 Å². The average Bonchev–Trinajstić information content (AvgIpc) is 3.38. The minimum atomic E-state index is 0.0639. The Bertz CT molecular complexity index is 1110. The number of hydrogen-bond acceptors (Lipinski definition) is 5. The second kappa shape index (κ2) is 8.77. The highest BCUT2D eigenvalue weighted by Gasteiger charge is 2.47. The van der Waals surface area contributed by atoms with Crippen molar-refractivity contribution in [1.29, 1.82) is 0 Å². The van der Waals surface area contributed by atoms with Crippen molar-refractivity contribution >= 4 is 5.91 Å². The van der Waals surface area contributed by atoms with E-state index in [9.17, 15) is 4.79 Å². The Labute approximate surface area is 201 Å². The van der Waals surface area contributed by atoms with Crippen LogP contribution in [0.4, 0.5) is 0 Å². The molecule has 4 aliphatic rings. The molecule has 7 heteroatoms. The van der Waals surface area contributed by atoms with Crippen LogP contribution in [0.25, 0.3) is 11.3 Å². The first-order chi connectivity index (χ1) is 16.7. The smallest absolute Gasteiger partial charge is 0.272 e. The molecule has 6 rings (SSSR count). The lowest BCUT2D eigenvalue weighted by atomic mass is 9.68. The third-order valence-electron chi connectivity index (χ3n) is 8.41. The topological polar surface area (TPSA) is 70.7 Å². The van der Waals surface area contributed by atoms with Crippen molar-refractivity contribution in [3.8, 4) is 22.8 Å². The minimum Gasteiger partial charge on any atom is -0.493 e. The molecule has 0 radical (unpaired) electrons. The molecule has 0 spiro atoms. The fraction of sp³-hybridized carbons (Fsp3) is 0.556. The maximum Gasteiger partial charge on any atom is 0.272 e. The van der Waals surface area contributed by atoms with Crippen molar-refractivity contribution in [1.82, 2.24) is 20.0 Å². The molecular weight excluding hydrogens is 428 g/mol. The van der Waals surface area contributed by atoms with Gasteiger partial charge in [-0.3, -0.25) is 14.8 Å². The number of aromatic amines is 1. The van der Waals surface area contributed by atoms with Crippen molar-refractivity contribution in [2.24, 2.45) is 11.8 Å². The molecule has 34 heavy (non-hydrogen) atoms. The molecule has 4 atom stereocenters. The van der Waals surface area contributed by atoms with Crippen LogP contribution < -0.4 is 9.47 Å². The van der Waals surface area contributed by atoms with Gasteiger partial charge < -0.3 is 14.4 Å². The Kier molecular flexibility index (Phi) is 5.60. The maximum atomic E-state index is 13.7. The van der Waals surface area contributed by atoms with E-state index in [1.807, 2.05) is 24.3 Å². The fourth-order valence-corrected chi connectivity index (χ4v) is 6.93. The normalized spacial score (nSPS) is 28.5. The standard InChI is InChI=1S/C27H34N4O3/c1-33-24-9-8-17(14-25(24)34-2)21-15-22(29-28-21)27(32)31-11-5-6-18-12-19-13-20(26(18)31)16-30-10-4-3-7-23(19)30/h8-9,12,14-15,19-20,23,26H,3-7,10-11,13,16H2,1-2H3,(H,28,29)/t19-,20-,23+,26-/m0/s1. The SMILES string of the molecule is COc1ccc(-c2cc(C(=O)N3CCCC4=C[C@H]5C[C@@H](CN6CCCC[C@H]56)[C@H]43)[nH]n2)cc1OC. The van der Waals surface area contributed by atoms with Crippen LogP contribution in [0, 0.1) is 11.8 Å². The third kappa shape index (κ3) is 3.61. The summed E-state index contributed by atoms with van der Waals surface area (Å²) in [4.78, 5) is 18.6. The molecular formula is C27H34N4O3. The Hall–Kier alpha value is -2.80. The lowest BCUT2D eigenvalue weighted by Crippen LogP contribution is -2.60. The molecule has 2 aromatic rings. The molecule has 7 nitrogen and oxygen atoms in total. The zero-order valence-corrected chi connectivity index (χ0v) is 20.1. The molecule has 1 aromatic carbocycles. The van der Waals surface area contributed by atoms with Crippen molar-refractivity contribution in [2.45, 2.75) is 50.6 Å². The van der Waals surface area contributed by atoms with Gasteiger partial charge in [0.2, 0.25) is 0 Å². The number of fused-ring (bicyclic) bond motifs is 6. The van der Waals surface area contributed by atoms with Crippen LogP contribution in [-0.4, -0.2) is 71.8 Å². The van der Waals surface area contributed by atoms with E-state index in [0.717, 1.165) is 43.2 Å². The third-order valence-corrected chi connectivity index (χ3v) is 8.41. The number of nitrogens with zero attached hydrogens (tertiary/aromatic N) is 3. The summed E-state index contributed by atoms with van der Waals surface area (Å²) in [6, 6.07) is 8.51. The number of likely N-dealkylation sites (tertiary alicyclic amines) is 1. The number of aromatic nitrogens is 2. The Morgan fingerprint density at radius 1 is 1.09 bits per heavy atom. The number of benzene rings is 1. The van der Waals surface area contributed by atoms with Gasteiger partial charge in [0.1, 0.15) is 5.69 Å². The summed E-state index contributed by atoms with van der Waals surface area (Å²) in [5.41, 5.74) is 3.68. The highest BCUT2D eigenvalue weighted by Crippen LogP contribution is 2.45. The Balaban J connectivity index is 1.26. The Morgan fingerprint density at radius 2 is 1.97 bits per heavy atom. The first kappa shape index (κ1) is 21.7. The molecule has 3 saturated heterocycles. The van der Waals surface area contributed by atoms with Crippen molar-refractivity contribution in [3.05, 3.63) is 41.6 Å². The molecule has 0 saturated carbocycles. The highest BCUT2D eigenvalue weighted by molar-refractivity contribution is 5.94. The fourth-order valence-electron chi connectivity index (χ4n) is 6.93. The molecule has 3 fully saturated rings. The molecule has 2 bridgehead atoms. The number of hydrogen-bond donors (Lipinski definition) is 1. The first-order valence-corrected chi connectivity index (χ1v) is 12.7. The minimum absolute atomic E-state index is 0.0639. The van der Waals surface area contributed by atoms with Gasteiger partial charge in [-0.15, -0.1) is 0 Å². The number of nitrogens with one attached hydrogen (secondary N) is 1. The van der Waals surface area contributed by atoms with Gasteiger partial charge in [0.05, 0.1) is 26.0 Å². The number of amides is 1. The molecule has 3 aliphatic heterocycles. The van der Waals surface area contributed by atoms with Gasteiger partial charge in [-0.2, -0.15) is 5.10 Å². The lowest BCUT2D eigenvalue weighted by Gasteiger charge is -2.54. The van der Waals surface area contributed by atoms with E-state index in [2.05, 4.69) is 26.1 Å². The van der Waals surface area contributed by atoms with Gasteiger partial charge >= 0.3 is 0 Å².